The van der Waals surface area contributed by atoms with E-state index in [9.17, 15) is 9.59 Å². The van der Waals surface area contributed by atoms with Gasteiger partial charge in [-0.05, 0) is 61.4 Å². The van der Waals surface area contributed by atoms with Gasteiger partial charge < -0.3 is 5.32 Å². The molecule has 0 spiro atoms. The number of aryl methyl sites for hydroxylation is 2. The average Bonchev–Trinajstić information content (AvgIpc) is 3.08. The third kappa shape index (κ3) is 3.88. The Morgan fingerprint density at radius 1 is 1.10 bits per heavy atom. The Kier molecular flexibility index (Phi) is 4.85. The standard InChI is InChI=1S/C20H17ClN6O2/c1-12-7-13(2)9-15(8-12)23-17(28)10-26-11-22-19-18(20(26)29)24-25-27(19)16-5-3-14(21)4-6-16/h3-9,11H,10H2,1-2H3,(H,23,28). The molecule has 0 fully saturated rings. The molecular weight excluding hydrogens is 392 g/mol. The van der Waals surface area contributed by atoms with E-state index in [0.717, 1.165) is 11.1 Å². The van der Waals surface area contributed by atoms with Gasteiger partial charge in [0, 0.05) is 10.7 Å². The lowest BCUT2D eigenvalue weighted by atomic mass is 10.1. The number of benzene rings is 2. The summed E-state index contributed by atoms with van der Waals surface area (Å²) in [6, 6.07) is 12.7. The number of hydrogen-bond acceptors (Lipinski definition) is 5. The van der Waals surface area contributed by atoms with E-state index in [2.05, 4.69) is 20.6 Å². The monoisotopic (exact) mass is 408 g/mol. The van der Waals surface area contributed by atoms with Gasteiger partial charge in [0.25, 0.3) is 5.56 Å². The molecule has 9 heteroatoms. The van der Waals surface area contributed by atoms with Crippen molar-refractivity contribution in [2.75, 3.05) is 5.32 Å². The lowest BCUT2D eigenvalue weighted by Crippen LogP contribution is -2.28. The fourth-order valence-electron chi connectivity index (χ4n) is 3.11. The van der Waals surface area contributed by atoms with Gasteiger partial charge in [0.2, 0.25) is 5.91 Å². The zero-order valence-corrected chi connectivity index (χ0v) is 16.5. The van der Waals surface area contributed by atoms with Crippen molar-refractivity contribution in [2.24, 2.45) is 0 Å². The second-order valence-electron chi connectivity index (χ2n) is 6.75. The first-order valence-electron chi connectivity index (χ1n) is 8.85. The molecular formula is C20H17ClN6O2. The molecule has 0 radical (unpaired) electrons. The molecule has 29 heavy (non-hydrogen) atoms. The van der Waals surface area contributed by atoms with Crippen LogP contribution in [0.2, 0.25) is 5.02 Å². The summed E-state index contributed by atoms with van der Waals surface area (Å²) in [7, 11) is 0. The number of anilines is 1. The molecule has 0 aliphatic heterocycles. The van der Waals surface area contributed by atoms with Crippen LogP contribution in [-0.4, -0.2) is 30.5 Å². The maximum atomic E-state index is 12.7. The Bertz CT molecular complexity index is 1260. The summed E-state index contributed by atoms with van der Waals surface area (Å²) in [6.45, 7) is 3.73. The highest BCUT2D eigenvalue weighted by Crippen LogP contribution is 2.16. The fraction of sp³-hybridized carbons (Fsp3) is 0.150. The van der Waals surface area contributed by atoms with Crippen molar-refractivity contribution in [2.45, 2.75) is 20.4 Å². The highest BCUT2D eigenvalue weighted by atomic mass is 35.5. The number of halogens is 1. The molecule has 0 aliphatic rings. The SMILES string of the molecule is Cc1cc(C)cc(NC(=O)Cn2cnc3c(nnn3-c3ccc(Cl)cc3)c2=O)c1. The minimum atomic E-state index is -0.439. The summed E-state index contributed by atoms with van der Waals surface area (Å²) in [5.41, 5.74) is 3.40. The smallest absolute Gasteiger partial charge is 0.284 e. The first-order chi connectivity index (χ1) is 13.9. The summed E-state index contributed by atoms with van der Waals surface area (Å²) in [4.78, 5) is 29.4. The molecule has 0 unspecified atom stereocenters. The fourth-order valence-corrected chi connectivity index (χ4v) is 3.24. The third-order valence-corrected chi connectivity index (χ3v) is 4.57. The highest BCUT2D eigenvalue weighted by molar-refractivity contribution is 6.30. The van der Waals surface area contributed by atoms with E-state index < -0.39 is 5.56 Å². The number of fused-ring (bicyclic) bond motifs is 1. The maximum Gasteiger partial charge on any atom is 0.284 e. The van der Waals surface area contributed by atoms with E-state index in [-0.39, 0.29) is 18.0 Å². The van der Waals surface area contributed by atoms with Gasteiger partial charge in [-0.3, -0.25) is 14.2 Å². The number of aromatic nitrogens is 5. The minimum Gasteiger partial charge on any atom is -0.325 e. The molecule has 2 aromatic heterocycles. The number of nitrogens with zero attached hydrogens (tertiary/aromatic N) is 5. The van der Waals surface area contributed by atoms with Crippen LogP contribution in [0.3, 0.4) is 0 Å². The molecule has 0 saturated heterocycles. The lowest BCUT2D eigenvalue weighted by Gasteiger charge is -2.09. The number of nitrogens with one attached hydrogen (secondary N) is 1. The summed E-state index contributed by atoms with van der Waals surface area (Å²) in [5, 5.41) is 11.3. The Hall–Kier alpha value is -3.52. The Balaban J connectivity index is 1.60. The lowest BCUT2D eigenvalue weighted by molar-refractivity contribution is -0.116. The molecule has 0 bridgehead atoms. The molecule has 0 aliphatic carbocycles. The van der Waals surface area contributed by atoms with Crippen molar-refractivity contribution in [3.05, 3.63) is 75.3 Å². The second kappa shape index (κ2) is 7.48. The van der Waals surface area contributed by atoms with E-state index in [1.54, 1.807) is 24.3 Å². The van der Waals surface area contributed by atoms with Gasteiger partial charge in [0.05, 0.1) is 5.69 Å². The van der Waals surface area contributed by atoms with Crippen LogP contribution in [0.4, 0.5) is 5.69 Å². The summed E-state index contributed by atoms with van der Waals surface area (Å²) in [5.74, 6) is -0.330. The first-order valence-corrected chi connectivity index (χ1v) is 9.23. The van der Waals surface area contributed by atoms with E-state index in [4.69, 9.17) is 11.6 Å². The van der Waals surface area contributed by atoms with Crippen molar-refractivity contribution < 1.29 is 4.79 Å². The van der Waals surface area contributed by atoms with E-state index in [1.807, 2.05) is 32.0 Å². The van der Waals surface area contributed by atoms with Crippen LogP contribution >= 0.6 is 11.6 Å². The number of carbonyl (C=O) groups is 1. The highest BCUT2D eigenvalue weighted by Gasteiger charge is 2.15. The number of rotatable bonds is 4. The predicted molar refractivity (Wildman–Crippen MR) is 110 cm³/mol. The van der Waals surface area contributed by atoms with E-state index in [1.165, 1.54) is 15.6 Å². The van der Waals surface area contributed by atoms with Crippen LogP contribution in [0.15, 0.2) is 53.6 Å². The van der Waals surface area contributed by atoms with Crippen LogP contribution in [-0.2, 0) is 11.3 Å². The zero-order valence-electron chi connectivity index (χ0n) is 15.8. The quantitative estimate of drug-likeness (QED) is 0.560. The van der Waals surface area contributed by atoms with Crippen molar-refractivity contribution in [3.63, 3.8) is 0 Å². The summed E-state index contributed by atoms with van der Waals surface area (Å²) >= 11 is 5.91. The van der Waals surface area contributed by atoms with Crippen molar-refractivity contribution in [1.82, 2.24) is 24.5 Å². The van der Waals surface area contributed by atoms with Crippen LogP contribution < -0.4 is 10.9 Å². The molecule has 1 amide bonds. The van der Waals surface area contributed by atoms with Gasteiger partial charge in [0.15, 0.2) is 11.2 Å². The van der Waals surface area contributed by atoms with Crippen LogP contribution in [0, 0.1) is 13.8 Å². The summed E-state index contributed by atoms with van der Waals surface area (Å²) in [6.07, 6.45) is 1.32. The normalized spacial score (nSPS) is 11.0. The zero-order chi connectivity index (χ0) is 20.5. The Morgan fingerprint density at radius 2 is 1.79 bits per heavy atom. The number of carbonyl (C=O) groups excluding carboxylic acids is 1. The van der Waals surface area contributed by atoms with E-state index in [0.29, 0.717) is 22.0 Å². The number of hydrogen-bond donors (Lipinski definition) is 1. The second-order valence-corrected chi connectivity index (χ2v) is 7.19. The molecule has 4 aromatic rings. The molecule has 0 saturated carbocycles. The molecule has 146 valence electrons. The molecule has 8 nitrogen and oxygen atoms in total. The molecule has 2 heterocycles. The van der Waals surface area contributed by atoms with E-state index >= 15 is 0 Å². The van der Waals surface area contributed by atoms with Crippen molar-refractivity contribution in [1.29, 1.82) is 0 Å². The Morgan fingerprint density at radius 3 is 2.48 bits per heavy atom. The Labute approximate surface area is 170 Å². The van der Waals surface area contributed by atoms with Crippen molar-refractivity contribution >= 4 is 34.4 Å². The topological polar surface area (TPSA) is 94.7 Å². The molecule has 0 atom stereocenters. The van der Waals surface area contributed by atoms with Gasteiger partial charge in [-0.25, -0.2) is 4.98 Å². The largest absolute Gasteiger partial charge is 0.325 e. The van der Waals surface area contributed by atoms with Gasteiger partial charge in [-0.2, -0.15) is 4.68 Å². The summed E-state index contributed by atoms with van der Waals surface area (Å²) < 4.78 is 2.66. The average molecular weight is 409 g/mol. The minimum absolute atomic E-state index is 0.0849. The van der Waals surface area contributed by atoms with Gasteiger partial charge in [-0.1, -0.05) is 22.9 Å². The van der Waals surface area contributed by atoms with Crippen molar-refractivity contribution in [3.8, 4) is 5.69 Å². The number of amides is 1. The predicted octanol–water partition coefficient (Wildman–Crippen LogP) is 2.89. The van der Waals surface area contributed by atoms with Crippen LogP contribution in [0.1, 0.15) is 11.1 Å². The maximum absolute atomic E-state index is 12.7. The first kappa shape index (κ1) is 18.8. The van der Waals surface area contributed by atoms with Gasteiger partial charge in [-0.15, -0.1) is 5.10 Å². The molecule has 1 N–H and O–H groups in total. The van der Waals surface area contributed by atoms with Crippen LogP contribution in [0.25, 0.3) is 16.9 Å². The van der Waals surface area contributed by atoms with Gasteiger partial charge >= 0.3 is 0 Å². The molecule has 4 rings (SSSR count). The third-order valence-electron chi connectivity index (χ3n) is 4.32. The van der Waals surface area contributed by atoms with Crippen LogP contribution in [0.5, 0.6) is 0 Å². The van der Waals surface area contributed by atoms with Gasteiger partial charge in [0.1, 0.15) is 12.9 Å². The molecule has 2 aromatic carbocycles.